The Bertz CT molecular complexity index is 353. The molecule has 88 valence electrons. The van der Waals surface area contributed by atoms with Crippen LogP contribution in [0.1, 0.15) is 18.9 Å². The maximum absolute atomic E-state index is 10.5. The summed E-state index contributed by atoms with van der Waals surface area (Å²) in [5, 5.41) is 8.66. The molecule has 1 aromatic carbocycles. The van der Waals surface area contributed by atoms with Gasteiger partial charge in [0.1, 0.15) is 0 Å². The van der Waals surface area contributed by atoms with Crippen molar-refractivity contribution in [2.24, 2.45) is 5.73 Å². The summed E-state index contributed by atoms with van der Waals surface area (Å²) in [4.78, 5) is 12.6. The predicted molar refractivity (Wildman–Crippen MR) is 64.5 cm³/mol. The average molecular weight is 222 g/mol. The van der Waals surface area contributed by atoms with E-state index in [1.807, 2.05) is 36.1 Å². The topological polar surface area (TPSA) is 66.6 Å². The smallest absolute Gasteiger partial charge is 0.305 e. The van der Waals surface area contributed by atoms with Gasteiger partial charge in [0.05, 0.1) is 6.42 Å². The molecule has 4 nitrogen and oxygen atoms in total. The zero-order valence-electron chi connectivity index (χ0n) is 9.52. The molecule has 0 amide bonds. The Morgan fingerprint density at radius 3 is 2.81 bits per heavy atom. The van der Waals surface area contributed by atoms with Crippen LogP contribution in [0.2, 0.25) is 0 Å². The second kappa shape index (κ2) is 6.12. The fourth-order valence-corrected chi connectivity index (χ4v) is 1.58. The van der Waals surface area contributed by atoms with Gasteiger partial charge in [-0.3, -0.25) is 4.79 Å². The maximum Gasteiger partial charge on any atom is 0.305 e. The molecule has 0 saturated heterocycles. The van der Waals surface area contributed by atoms with Gasteiger partial charge in [0.25, 0.3) is 0 Å². The number of nitrogens with zero attached hydrogens (tertiary/aromatic N) is 1. The minimum Gasteiger partial charge on any atom is -0.481 e. The van der Waals surface area contributed by atoms with E-state index in [0.29, 0.717) is 13.1 Å². The highest BCUT2D eigenvalue weighted by Crippen LogP contribution is 2.16. The molecule has 0 heterocycles. The zero-order chi connectivity index (χ0) is 12.0. The highest BCUT2D eigenvalue weighted by Gasteiger charge is 2.06. The Morgan fingerprint density at radius 1 is 1.50 bits per heavy atom. The predicted octanol–water partition coefficient (Wildman–Crippen LogP) is 1.45. The Labute approximate surface area is 95.7 Å². The number of aliphatic carboxylic acids is 1. The van der Waals surface area contributed by atoms with E-state index in [-0.39, 0.29) is 6.42 Å². The number of carbonyl (C=O) groups is 1. The molecule has 0 aliphatic heterocycles. The van der Waals surface area contributed by atoms with E-state index in [2.05, 4.69) is 0 Å². The van der Waals surface area contributed by atoms with Crippen molar-refractivity contribution in [3.05, 3.63) is 29.8 Å². The summed E-state index contributed by atoms with van der Waals surface area (Å²) in [7, 11) is 0. The van der Waals surface area contributed by atoms with Gasteiger partial charge in [-0.2, -0.15) is 0 Å². The van der Waals surface area contributed by atoms with Crippen LogP contribution in [0.15, 0.2) is 24.3 Å². The molecule has 16 heavy (non-hydrogen) atoms. The molecular weight excluding hydrogens is 204 g/mol. The van der Waals surface area contributed by atoms with Crippen LogP contribution in [0.4, 0.5) is 5.69 Å². The molecule has 0 aliphatic rings. The van der Waals surface area contributed by atoms with Crippen molar-refractivity contribution in [3.8, 4) is 0 Å². The first-order valence-corrected chi connectivity index (χ1v) is 5.43. The largest absolute Gasteiger partial charge is 0.481 e. The molecule has 4 heteroatoms. The van der Waals surface area contributed by atoms with Gasteiger partial charge in [-0.05, 0) is 24.6 Å². The van der Waals surface area contributed by atoms with Gasteiger partial charge in [-0.25, -0.2) is 0 Å². The minimum absolute atomic E-state index is 0.153. The molecular formula is C12H18N2O2. The van der Waals surface area contributed by atoms with Crippen LogP contribution in [-0.2, 0) is 11.3 Å². The van der Waals surface area contributed by atoms with Crippen LogP contribution in [0, 0.1) is 0 Å². The van der Waals surface area contributed by atoms with Gasteiger partial charge >= 0.3 is 5.97 Å². The van der Waals surface area contributed by atoms with Gasteiger partial charge in [0, 0.05) is 25.3 Å². The van der Waals surface area contributed by atoms with Crippen LogP contribution in [0.25, 0.3) is 0 Å². The summed E-state index contributed by atoms with van der Waals surface area (Å²) in [6, 6.07) is 7.89. The Hall–Kier alpha value is -1.55. The average Bonchev–Trinajstić information content (AvgIpc) is 2.30. The fourth-order valence-electron chi connectivity index (χ4n) is 1.58. The normalized spacial score (nSPS) is 10.1. The third-order valence-electron chi connectivity index (χ3n) is 2.49. The molecule has 0 aliphatic carbocycles. The molecule has 1 rings (SSSR count). The van der Waals surface area contributed by atoms with Crippen molar-refractivity contribution < 1.29 is 9.90 Å². The minimum atomic E-state index is -0.770. The lowest BCUT2D eigenvalue weighted by atomic mass is 10.2. The van der Waals surface area contributed by atoms with Gasteiger partial charge in [-0.15, -0.1) is 0 Å². The molecule has 0 bridgehead atoms. The highest BCUT2D eigenvalue weighted by molar-refractivity contribution is 5.67. The number of benzene rings is 1. The molecule has 1 aromatic rings. The third-order valence-corrected chi connectivity index (χ3v) is 2.49. The monoisotopic (exact) mass is 222 g/mol. The van der Waals surface area contributed by atoms with Crippen molar-refractivity contribution >= 4 is 11.7 Å². The molecule has 0 spiro atoms. The molecule has 3 N–H and O–H groups in total. The molecule has 0 fully saturated rings. The quantitative estimate of drug-likeness (QED) is 0.764. The van der Waals surface area contributed by atoms with Gasteiger partial charge < -0.3 is 15.7 Å². The van der Waals surface area contributed by atoms with E-state index in [9.17, 15) is 4.79 Å². The maximum atomic E-state index is 10.5. The summed E-state index contributed by atoms with van der Waals surface area (Å²) in [6.45, 7) is 3.84. The van der Waals surface area contributed by atoms with Crippen molar-refractivity contribution in [1.29, 1.82) is 0 Å². The van der Waals surface area contributed by atoms with Crippen molar-refractivity contribution in [2.45, 2.75) is 19.9 Å². The lowest BCUT2D eigenvalue weighted by Crippen LogP contribution is -2.25. The standard InChI is InChI=1S/C12H18N2O2/c1-2-14(7-6-12(15)16)11-5-3-4-10(8-11)9-13/h3-5,8H,2,6-7,9,13H2,1H3,(H,15,16). The van der Waals surface area contributed by atoms with E-state index in [1.54, 1.807) is 0 Å². The van der Waals surface area contributed by atoms with E-state index >= 15 is 0 Å². The lowest BCUT2D eigenvalue weighted by molar-refractivity contribution is -0.136. The van der Waals surface area contributed by atoms with Gasteiger partial charge in [0.2, 0.25) is 0 Å². The number of rotatable bonds is 6. The molecule has 0 atom stereocenters. The number of anilines is 1. The van der Waals surface area contributed by atoms with Crippen LogP contribution >= 0.6 is 0 Å². The summed E-state index contributed by atoms with van der Waals surface area (Å²) in [5.41, 5.74) is 7.67. The Morgan fingerprint density at radius 2 is 2.25 bits per heavy atom. The number of nitrogens with two attached hydrogens (primary N) is 1. The van der Waals surface area contributed by atoms with Crippen molar-refractivity contribution in [2.75, 3.05) is 18.0 Å². The number of carboxylic acids is 1. The van der Waals surface area contributed by atoms with Gasteiger partial charge in [-0.1, -0.05) is 12.1 Å². The van der Waals surface area contributed by atoms with Crippen LogP contribution in [0.3, 0.4) is 0 Å². The lowest BCUT2D eigenvalue weighted by Gasteiger charge is -2.22. The first-order chi connectivity index (χ1) is 7.67. The molecule has 0 unspecified atom stereocenters. The van der Waals surface area contributed by atoms with Crippen LogP contribution in [-0.4, -0.2) is 24.2 Å². The number of hydrogen-bond donors (Lipinski definition) is 2. The van der Waals surface area contributed by atoms with Crippen molar-refractivity contribution in [1.82, 2.24) is 0 Å². The Balaban J connectivity index is 2.73. The SMILES string of the molecule is CCN(CCC(=O)O)c1cccc(CN)c1. The summed E-state index contributed by atoms with van der Waals surface area (Å²) < 4.78 is 0. The first kappa shape index (κ1) is 12.5. The number of hydrogen-bond acceptors (Lipinski definition) is 3. The Kier molecular flexibility index (Phi) is 4.79. The van der Waals surface area contributed by atoms with E-state index in [4.69, 9.17) is 10.8 Å². The second-order valence-corrected chi connectivity index (χ2v) is 3.60. The van der Waals surface area contributed by atoms with Crippen molar-refractivity contribution in [3.63, 3.8) is 0 Å². The highest BCUT2D eigenvalue weighted by atomic mass is 16.4. The summed E-state index contributed by atoms with van der Waals surface area (Å²) in [6.07, 6.45) is 0.153. The first-order valence-electron chi connectivity index (χ1n) is 5.43. The zero-order valence-corrected chi connectivity index (χ0v) is 9.52. The third kappa shape index (κ3) is 3.55. The summed E-state index contributed by atoms with van der Waals surface area (Å²) in [5.74, 6) is -0.770. The molecule has 0 radical (unpaired) electrons. The number of carboxylic acid groups (broad SMARTS) is 1. The molecule has 0 aromatic heterocycles. The molecule has 0 saturated carbocycles. The summed E-state index contributed by atoms with van der Waals surface area (Å²) >= 11 is 0. The van der Waals surface area contributed by atoms with Gasteiger partial charge in [0.15, 0.2) is 0 Å². The van der Waals surface area contributed by atoms with E-state index in [0.717, 1.165) is 17.8 Å². The fraction of sp³-hybridized carbons (Fsp3) is 0.417. The van der Waals surface area contributed by atoms with Crippen LogP contribution in [0.5, 0.6) is 0 Å². The van der Waals surface area contributed by atoms with E-state index in [1.165, 1.54) is 0 Å². The van der Waals surface area contributed by atoms with E-state index < -0.39 is 5.97 Å². The second-order valence-electron chi connectivity index (χ2n) is 3.60. The van der Waals surface area contributed by atoms with Crippen LogP contribution < -0.4 is 10.6 Å².